The third-order valence-electron chi connectivity index (χ3n) is 4.81. The van der Waals surface area contributed by atoms with E-state index in [-0.39, 0.29) is 22.4 Å². The molecule has 0 atom stereocenters. The lowest BCUT2D eigenvalue weighted by molar-refractivity contribution is -0.539. The van der Waals surface area contributed by atoms with Gasteiger partial charge in [0.25, 0.3) is 0 Å². The lowest BCUT2D eigenvalue weighted by Gasteiger charge is -2.33. The Morgan fingerprint density at radius 3 is 0.735 bits per heavy atom. The van der Waals surface area contributed by atoms with Crippen LogP contribution >= 0.6 is 0 Å². The van der Waals surface area contributed by atoms with Gasteiger partial charge < -0.3 is 0 Å². The molecule has 0 saturated heterocycles. The Labute approximate surface area is 209 Å². The summed E-state index contributed by atoms with van der Waals surface area (Å²) in [5.41, 5.74) is -1.41. The highest BCUT2D eigenvalue weighted by molar-refractivity contribution is 4.65. The Kier molecular flexibility index (Phi) is 15.2. The molecular formula is C26H56O8. The van der Waals surface area contributed by atoms with Gasteiger partial charge in [0, 0.05) is 12.8 Å². The van der Waals surface area contributed by atoms with E-state index in [4.69, 9.17) is 39.1 Å². The van der Waals surface area contributed by atoms with Gasteiger partial charge in [-0.2, -0.15) is 19.6 Å². The molecule has 34 heavy (non-hydrogen) atoms. The molecule has 0 heterocycles. The minimum absolute atomic E-state index is 0.333. The van der Waals surface area contributed by atoms with Crippen LogP contribution in [0.25, 0.3) is 0 Å². The molecule has 0 unspecified atom stereocenters. The molecule has 0 fully saturated rings. The van der Waals surface area contributed by atoms with Crippen LogP contribution in [-0.4, -0.2) is 34.0 Å². The predicted molar refractivity (Wildman–Crippen MR) is 134 cm³/mol. The molecule has 208 valence electrons. The average molecular weight is 497 g/mol. The first kappa shape index (κ1) is 35.8. The normalized spacial score (nSPS) is 14.1. The maximum absolute atomic E-state index is 5.43. The summed E-state index contributed by atoms with van der Waals surface area (Å²) < 4.78 is 0. The maximum Gasteiger partial charge on any atom is 0.231 e. The molecule has 0 aliphatic heterocycles. The molecule has 0 rings (SSSR count). The van der Waals surface area contributed by atoms with Crippen LogP contribution in [0.3, 0.4) is 0 Å². The maximum atomic E-state index is 5.43. The van der Waals surface area contributed by atoms with Gasteiger partial charge in [-0.1, -0.05) is 27.7 Å². The lowest BCUT2D eigenvalue weighted by Crippen LogP contribution is -2.39. The summed E-state index contributed by atoms with van der Waals surface area (Å²) in [6.45, 7) is 30.9. The zero-order valence-electron chi connectivity index (χ0n) is 25.1. The highest BCUT2D eigenvalue weighted by Gasteiger charge is 2.33. The molecule has 8 nitrogen and oxygen atoms in total. The molecule has 0 amide bonds. The van der Waals surface area contributed by atoms with E-state index in [0.717, 1.165) is 12.8 Å². The van der Waals surface area contributed by atoms with Crippen molar-refractivity contribution in [1.82, 2.24) is 0 Å². The summed E-state index contributed by atoms with van der Waals surface area (Å²) in [7, 11) is 0. The summed E-state index contributed by atoms with van der Waals surface area (Å²) in [5.74, 6) is -1.78. The summed E-state index contributed by atoms with van der Waals surface area (Å²) >= 11 is 0. The monoisotopic (exact) mass is 496 g/mol. The van der Waals surface area contributed by atoms with Crippen molar-refractivity contribution in [2.45, 2.75) is 170 Å². The second-order valence-electron chi connectivity index (χ2n) is 12.1. The molecule has 0 spiro atoms. The molecule has 0 bridgehead atoms. The Morgan fingerprint density at radius 2 is 0.559 bits per heavy atom. The van der Waals surface area contributed by atoms with Crippen molar-refractivity contribution in [3.05, 3.63) is 0 Å². The van der Waals surface area contributed by atoms with Gasteiger partial charge >= 0.3 is 0 Å². The molecule has 0 aromatic carbocycles. The van der Waals surface area contributed by atoms with Crippen molar-refractivity contribution in [3.63, 3.8) is 0 Å². The zero-order chi connectivity index (χ0) is 27.5. The minimum atomic E-state index is -0.890. The molecule has 8 heteroatoms. The van der Waals surface area contributed by atoms with Crippen LogP contribution in [0.4, 0.5) is 0 Å². The van der Waals surface area contributed by atoms with E-state index in [2.05, 4.69) is 0 Å². The minimum Gasteiger partial charge on any atom is -0.228 e. The molecule has 0 aliphatic rings. The van der Waals surface area contributed by atoms with Gasteiger partial charge in [0.2, 0.25) is 11.6 Å². The largest absolute Gasteiger partial charge is 0.231 e. The topological polar surface area (TPSA) is 73.8 Å². The predicted octanol–water partition coefficient (Wildman–Crippen LogP) is 7.99. The molecule has 0 N–H and O–H groups in total. The fraction of sp³-hybridized carbons (Fsp3) is 1.00. The fourth-order valence-corrected chi connectivity index (χ4v) is 1.21. The Morgan fingerprint density at radius 1 is 0.324 bits per heavy atom. The third-order valence-corrected chi connectivity index (χ3v) is 4.81. The van der Waals surface area contributed by atoms with E-state index in [1.807, 2.05) is 104 Å². The Bertz CT molecular complexity index is 494. The van der Waals surface area contributed by atoms with E-state index in [1.165, 1.54) is 0 Å². The van der Waals surface area contributed by atoms with Crippen molar-refractivity contribution in [2.75, 3.05) is 0 Å². The average Bonchev–Trinajstić information content (AvgIpc) is 2.73. The van der Waals surface area contributed by atoms with Gasteiger partial charge in [-0.05, 0) is 95.9 Å². The SMILES string of the molecule is CCC(C)(C)OOC(C)(CC)OOC(C)(C)CC.CCC(C)(OOC(C)(C)C)OOC(C)(C)C. The van der Waals surface area contributed by atoms with Crippen molar-refractivity contribution in [2.24, 2.45) is 0 Å². The van der Waals surface area contributed by atoms with Crippen molar-refractivity contribution >= 4 is 0 Å². The van der Waals surface area contributed by atoms with E-state index >= 15 is 0 Å². The number of hydrogen-bond acceptors (Lipinski definition) is 8. The quantitative estimate of drug-likeness (QED) is 0.136. The van der Waals surface area contributed by atoms with E-state index < -0.39 is 11.6 Å². The van der Waals surface area contributed by atoms with Crippen molar-refractivity contribution in [3.8, 4) is 0 Å². The molecule has 0 radical (unpaired) electrons. The van der Waals surface area contributed by atoms with Gasteiger partial charge in [-0.25, -0.2) is 19.6 Å². The van der Waals surface area contributed by atoms with Crippen LogP contribution in [0.15, 0.2) is 0 Å². The zero-order valence-corrected chi connectivity index (χ0v) is 25.1. The third kappa shape index (κ3) is 18.9. The standard InChI is InChI=1S/C14H30O4.C12H26O4/c1-9-12(4,5)15-17-14(8,11-3)18-16-13(6,7)10-2;1-9-12(8,15-13-10(2,3)4)16-14-11(5,6)7/h9-11H2,1-8H3;9H2,1-8H3. The van der Waals surface area contributed by atoms with E-state index in [9.17, 15) is 0 Å². The van der Waals surface area contributed by atoms with Crippen LogP contribution in [0.2, 0.25) is 0 Å². The Balaban J connectivity index is 0. The van der Waals surface area contributed by atoms with E-state index in [1.54, 1.807) is 6.92 Å². The van der Waals surface area contributed by atoms with Crippen LogP contribution < -0.4 is 0 Å². The Hall–Kier alpha value is -0.320. The second-order valence-corrected chi connectivity index (χ2v) is 12.1. The highest BCUT2D eigenvalue weighted by atomic mass is 17.3. The first-order valence-corrected chi connectivity index (χ1v) is 12.5. The first-order chi connectivity index (χ1) is 15.1. The highest BCUT2D eigenvalue weighted by Crippen LogP contribution is 2.26. The van der Waals surface area contributed by atoms with Crippen LogP contribution in [0.5, 0.6) is 0 Å². The van der Waals surface area contributed by atoms with Crippen LogP contribution in [0.1, 0.15) is 136 Å². The van der Waals surface area contributed by atoms with Gasteiger partial charge in [0.1, 0.15) is 0 Å². The van der Waals surface area contributed by atoms with Crippen molar-refractivity contribution in [1.29, 1.82) is 0 Å². The summed E-state index contributed by atoms with van der Waals surface area (Å²) in [4.78, 5) is 42.8. The molecular weight excluding hydrogens is 440 g/mol. The first-order valence-electron chi connectivity index (χ1n) is 12.5. The summed E-state index contributed by atoms with van der Waals surface area (Å²) in [6.07, 6.45) is 2.97. The summed E-state index contributed by atoms with van der Waals surface area (Å²) in [6, 6.07) is 0. The van der Waals surface area contributed by atoms with Gasteiger partial charge in [0.15, 0.2) is 0 Å². The molecule has 0 aromatic heterocycles. The van der Waals surface area contributed by atoms with Gasteiger partial charge in [-0.3, -0.25) is 0 Å². The number of rotatable bonds is 14. The summed E-state index contributed by atoms with van der Waals surface area (Å²) in [5, 5.41) is 0. The van der Waals surface area contributed by atoms with Crippen molar-refractivity contribution < 1.29 is 39.1 Å². The number of hydrogen-bond donors (Lipinski definition) is 0. The lowest BCUT2D eigenvalue weighted by atomic mass is 10.1. The molecule has 0 saturated carbocycles. The van der Waals surface area contributed by atoms with Crippen LogP contribution in [-0.2, 0) is 39.1 Å². The van der Waals surface area contributed by atoms with E-state index in [0.29, 0.717) is 12.8 Å². The fourth-order valence-electron chi connectivity index (χ4n) is 1.21. The van der Waals surface area contributed by atoms with Gasteiger partial charge in [-0.15, -0.1) is 0 Å². The van der Waals surface area contributed by atoms with Crippen LogP contribution in [0, 0.1) is 0 Å². The second kappa shape index (κ2) is 14.4. The molecule has 0 aromatic rings. The molecule has 0 aliphatic carbocycles. The van der Waals surface area contributed by atoms with Gasteiger partial charge in [0.05, 0.1) is 22.4 Å². The smallest absolute Gasteiger partial charge is 0.228 e.